The minimum Gasteiger partial charge on any atom is -0.484 e. The van der Waals surface area contributed by atoms with Crippen LogP contribution in [0.25, 0.3) is 10.8 Å². The van der Waals surface area contributed by atoms with Crippen LogP contribution in [0.2, 0.25) is 0 Å². The molecule has 0 saturated heterocycles. The molecule has 0 aliphatic rings. The van der Waals surface area contributed by atoms with Gasteiger partial charge in [0.2, 0.25) is 0 Å². The van der Waals surface area contributed by atoms with Crippen LogP contribution in [0.15, 0.2) is 42.5 Å². The van der Waals surface area contributed by atoms with Crippen molar-refractivity contribution in [2.75, 3.05) is 26.4 Å². The van der Waals surface area contributed by atoms with E-state index >= 15 is 0 Å². The molecule has 2 aromatic rings. The number of amides is 1. The lowest BCUT2D eigenvalue weighted by Crippen LogP contribution is -2.58. The number of hydrogen-bond acceptors (Lipinski definition) is 5. The van der Waals surface area contributed by atoms with Gasteiger partial charge in [0.25, 0.3) is 5.91 Å². The second-order valence-electron chi connectivity index (χ2n) is 5.10. The van der Waals surface area contributed by atoms with E-state index < -0.39 is 31.3 Å². The van der Waals surface area contributed by atoms with Gasteiger partial charge in [-0.05, 0) is 22.9 Å². The van der Waals surface area contributed by atoms with Crippen molar-refractivity contribution in [1.82, 2.24) is 5.32 Å². The van der Waals surface area contributed by atoms with Gasteiger partial charge >= 0.3 is 0 Å². The number of nitrogens with one attached hydrogen (secondary N) is 1. The molecule has 22 heavy (non-hydrogen) atoms. The van der Waals surface area contributed by atoms with Crippen molar-refractivity contribution in [3.63, 3.8) is 0 Å². The molecule has 0 bridgehead atoms. The average molecular weight is 305 g/mol. The van der Waals surface area contributed by atoms with Crippen molar-refractivity contribution in [1.29, 1.82) is 0 Å². The van der Waals surface area contributed by atoms with Gasteiger partial charge < -0.3 is 25.4 Å². The molecular formula is C16H19NO5. The topological polar surface area (TPSA) is 99.0 Å². The highest BCUT2D eigenvalue weighted by molar-refractivity contribution is 5.84. The minimum absolute atomic E-state index is 0.278. The van der Waals surface area contributed by atoms with Crippen LogP contribution in [-0.4, -0.2) is 53.2 Å². The van der Waals surface area contributed by atoms with Crippen LogP contribution >= 0.6 is 0 Å². The van der Waals surface area contributed by atoms with Crippen molar-refractivity contribution in [3.05, 3.63) is 42.5 Å². The van der Waals surface area contributed by atoms with Gasteiger partial charge in [0, 0.05) is 0 Å². The Labute approximate surface area is 128 Å². The lowest BCUT2D eigenvalue weighted by atomic mass is 10.0. The average Bonchev–Trinajstić information content (AvgIpc) is 2.58. The Kier molecular flexibility index (Phi) is 5.32. The van der Waals surface area contributed by atoms with Gasteiger partial charge in [-0.15, -0.1) is 0 Å². The predicted octanol–water partition coefficient (Wildman–Crippen LogP) is 0.0505. The molecule has 6 heteroatoms. The van der Waals surface area contributed by atoms with E-state index in [0.29, 0.717) is 5.75 Å². The lowest BCUT2D eigenvalue weighted by Gasteiger charge is -2.28. The summed E-state index contributed by atoms with van der Waals surface area (Å²) in [5, 5.41) is 31.9. The van der Waals surface area contributed by atoms with Gasteiger partial charge in [-0.3, -0.25) is 4.79 Å². The SMILES string of the molecule is O=C(COc1ccc2ccccc2c1)NC(CO)(CO)CO. The standard InChI is InChI=1S/C16H19NO5/c18-9-16(10-19,11-20)17-15(21)8-22-14-6-5-12-3-1-2-4-13(12)7-14/h1-7,18-20H,8-11H2,(H,17,21). The highest BCUT2D eigenvalue weighted by Crippen LogP contribution is 2.20. The first-order valence-corrected chi connectivity index (χ1v) is 6.88. The van der Waals surface area contributed by atoms with E-state index in [1.807, 2.05) is 36.4 Å². The van der Waals surface area contributed by atoms with Crippen LogP contribution in [-0.2, 0) is 4.79 Å². The first kappa shape index (κ1) is 16.2. The fraction of sp³-hybridized carbons (Fsp3) is 0.312. The number of rotatable bonds is 7. The van der Waals surface area contributed by atoms with E-state index in [0.717, 1.165) is 10.8 Å². The number of ether oxygens (including phenoxy) is 1. The summed E-state index contributed by atoms with van der Waals surface area (Å²) in [6.45, 7) is -1.98. The molecule has 0 atom stereocenters. The summed E-state index contributed by atoms with van der Waals surface area (Å²) in [4.78, 5) is 11.8. The van der Waals surface area contributed by atoms with Gasteiger partial charge in [-0.2, -0.15) is 0 Å². The Morgan fingerprint density at radius 1 is 1.00 bits per heavy atom. The molecule has 6 nitrogen and oxygen atoms in total. The summed E-state index contributed by atoms with van der Waals surface area (Å²) in [6.07, 6.45) is 0. The Bertz CT molecular complexity index is 631. The third-order valence-corrected chi connectivity index (χ3v) is 3.40. The largest absolute Gasteiger partial charge is 0.484 e. The zero-order valence-electron chi connectivity index (χ0n) is 12.0. The molecular weight excluding hydrogens is 286 g/mol. The lowest BCUT2D eigenvalue weighted by molar-refractivity contribution is -0.127. The third-order valence-electron chi connectivity index (χ3n) is 3.40. The molecule has 0 aliphatic heterocycles. The van der Waals surface area contributed by atoms with Gasteiger partial charge in [0.05, 0.1) is 19.8 Å². The maximum absolute atomic E-state index is 11.8. The molecule has 1 amide bonds. The van der Waals surface area contributed by atoms with Crippen LogP contribution in [0.4, 0.5) is 0 Å². The predicted molar refractivity (Wildman–Crippen MR) is 81.6 cm³/mol. The second-order valence-corrected chi connectivity index (χ2v) is 5.10. The van der Waals surface area contributed by atoms with Crippen LogP contribution in [0, 0.1) is 0 Å². The molecule has 0 radical (unpaired) electrons. The highest BCUT2D eigenvalue weighted by Gasteiger charge is 2.29. The Morgan fingerprint density at radius 3 is 2.27 bits per heavy atom. The zero-order valence-corrected chi connectivity index (χ0v) is 12.0. The summed E-state index contributed by atoms with van der Waals surface area (Å²) in [5.74, 6) is 0.00162. The van der Waals surface area contributed by atoms with E-state index in [2.05, 4.69) is 5.32 Å². The number of benzene rings is 2. The Morgan fingerprint density at radius 2 is 1.64 bits per heavy atom. The maximum atomic E-state index is 11.8. The summed E-state index contributed by atoms with van der Waals surface area (Å²) in [5.41, 5.74) is -1.44. The molecule has 2 aromatic carbocycles. The minimum atomic E-state index is -1.44. The summed E-state index contributed by atoms with van der Waals surface area (Å²) in [6, 6.07) is 13.2. The first-order chi connectivity index (χ1) is 10.6. The van der Waals surface area contributed by atoms with Gasteiger partial charge in [-0.25, -0.2) is 0 Å². The number of hydrogen-bond donors (Lipinski definition) is 4. The fourth-order valence-electron chi connectivity index (χ4n) is 2.01. The van der Waals surface area contributed by atoms with E-state index in [-0.39, 0.29) is 6.61 Å². The molecule has 0 saturated carbocycles. The summed E-state index contributed by atoms with van der Waals surface area (Å²) < 4.78 is 5.40. The molecule has 4 N–H and O–H groups in total. The molecule has 0 unspecified atom stereocenters. The van der Waals surface area contributed by atoms with Crippen molar-refractivity contribution < 1.29 is 24.9 Å². The van der Waals surface area contributed by atoms with Gasteiger partial charge in [0.1, 0.15) is 11.3 Å². The van der Waals surface area contributed by atoms with Gasteiger partial charge in [0.15, 0.2) is 6.61 Å². The number of fused-ring (bicyclic) bond motifs is 1. The molecule has 0 fully saturated rings. The molecule has 2 rings (SSSR count). The first-order valence-electron chi connectivity index (χ1n) is 6.88. The van der Waals surface area contributed by atoms with Crippen LogP contribution in [0.3, 0.4) is 0 Å². The quantitative estimate of drug-likeness (QED) is 0.579. The fourth-order valence-corrected chi connectivity index (χ4v) is 2.01. The second kappa shape index (κ2) is 7.22. The monoisotopic (exact) mass is 305 g/mol. The molecule has 0 aliphatic carbocycles. The summed E-state index contributed by atoms with van der Waals surface area (Å²) >= 11 is 0. The van der Waals surface area contributed by atoms with E-state index in [9.17, 15) is 4.79 Å². The third kappa shape index (κ3) is 3.73. The van der Waals surface area contributed by atoms with Crippen LogP contribution in [0.5, 0.6) is 5.75 Å². The van der Waals surface area contributed by atoms with E-state index in [4.69, 9.17) is 20.1 Å². The maximum Gasteiger partial charge on any atom is 0.258 e. The highest BCUT2D eigenvalue weighted by atomic mass is 16.5. The van der Waals surface area contributed by atoms with Crippen molar-refractivity contribution in [3.8, 4) is 5.75 Å². The Balaban J connectivity index is 1.97. The van der Waals surface area contributed by atoms with Crippen molar-refractivity contribution >= 4 is 16.7 Å². The van der Waals surface area contributed by atoms with Crippen LogP contribution < -0.4 is 10.1 Å². The number of carbonyl (C=O) groups excluding carboxylic acids is 1. The molecule has 0 aromatic heterocycles. The zero-order chi connectivity index (χ0) is 16.0. The van der Waals surface area contributed by atoms with Crippen molar-refractivity contribution in [2.24, 2.45) is 0 Å². The molecule has 118 valence electrons. The molecule has 0 spiro atoms. The van der Waals surface area contributed by atoms with Crippen LogP contribution in [0.1, 0.15) is 0 Å². The summed E-state index contributed by atoms with van der Waals surface area (Å²) in [7, 11) is 0. The number of aliphatic hydroxyl groups excluding tert-OH is 3. The van der Waals surface area contributed by atoms with Crippen molar-refractivity contribution in [2.45, 2.75) is 5.54 Å². The Hall–Kier alpha value is -2.15. The normalized spacial score (nSPS) is 11.4. The molecule has 0 heterocycles. The van der Waals surface area contributed by atoms with Gasteiger partial charge in [-0.1, -0.05) is 30.3 Å². The number of carbonyl (C=O) groups is 1. The van der Waals surface area contributed by atoms with E-state index in [1.165, 1.54) is 0 Å². The smallest absolute Gasteiger partial charge is 0.258 e. The van der Waals surface area contributed by atoms with E-state index in [1.54, 1.807) is 6.07 Å². The number of aliphatic hydroxyl groups is 3.